The average Bonchev–Trinajstić information content (AvgIpc) is 4.27. The van der Waals surface area contributed by atoms with Crippen molar-refractivity contribution in [1.29, 1.82) is 0 Å². The molecule has 2 unspecified atom stereocenters. The van der Waals surface area contributed by atoms with Gasteiger partial charge in [0.05, 0.1) is 68.9 Å². The molecule has 0 aliphatic carbocycles. The maximum atomic E-state index is 12.3. The molecule has 1 aromatic carbocycles. The van der Waals surface area contributed by atoms with Crippen LogP contribution in [0, 0.1) is 41.5 Å². The number of aliphatic hydroxyl groups excluding tert-OH is 1. The fourth-order valence-corrected chi connectivity index (χ4v) is 9.50. The summed E-state index contributed by atoms with van der Waals surface area (Å²) in [5.41, 5.74) is 13.1. The summed E-state index contributed by atoms with van der Waals surface area (Å²) in [4.78, 5) is 53.9. The lowest BCUT2D eigenvalue weighted by atomic mass is 10.0. The van der Waals surface area contributed by atoms with E-state index in [9.17, 15) is 14.7 Å². The zero-order valence-corrected chi connectivity index (χ0v) is 49.8. The number of aryl methyl sites for hydroxylation is 6. The van der Waals surface area contributed by atoms with E-state index in [-0.39, 0.29) is 24.4 Å². The number of carbonyl (C=O) groups excluding carboxylic acids is 2. The Bertz CT molecular complexity index is 3640. The number of nitrogens with zero attached hydrogens (tertiary/aromatic N) is 10. The van der Waals surface area contributed by atoms with Crippen molar-refractivity contribution in [3.8, 4) is 28.7 Å². The smallest absolute Gasteiger partial charge is 0.410 e. The van der Waals surface area contributed by atoms with Gasteiger partial charge >= 0.3 is 12.2 Å². The molecule has 8 aromatic heterocycles. The van der Waals surface area contributed by atoms with Crippen molar-refractivity contribution in [3.05, 3.63) is 146 Å². The largest absolute Gasteiger partial charge is 0.472 e. The minimum atomic E-state index is -0.513. The van der Waals surface area contributed by atoms with E-state index >= 15 is 0 Å². The molecule has 0 radical (unpaired) electrons. The predicted molar refractivity (Wildman–Crippen MR) is 315 cm³/mol. The van der Waals surface area contributed by atoms with E-state index < -0.39 is 11.2 Å². The summed E-state index contributed by atoms with van der Waals surface area (Å²) in [6.45, 7) is 25.5. The number of pyridine rings is 6. The molecule has 0 spiro atoms. The second kappa shape index (κ2) is 24.2. The van der Waals surface area contributed by atoms with Crippen LogP contribution in [0.15, 0.2) is 102 Å². The predicted octanol–water partition coefficient (Wildman–Crippen LogP) is 13.9. The lowest BCUT2D eigenvalue weighted by Gasteiger charge is -2.24. The first-order valence-corrected chi connectivity index (χ1v) is 27.7. The Balaban J connectivity index is 0.000000146. The van der Waals surface area contributed by atoms with Crippen molar-refractivity contribution in [3.63, 3.8) is 0 Å². The van der Waals surface area contributed by atoms with Crippen molar-refractivity contribution in [2.75, 3.05) is 26.2 Å². The summed E-state index contributed by atoms with van der Waals surface area (Å²) in [5, 5.41) is 13.0. The van der Waals surface area contributed by atoms with Gasteiger partial charge in [-0.05, 0) is 169 Å². The summed E-state index contributed by atoms with van der Waals surface area (Å²) in [6, 6.07) is 19.6. The number of β-amino-alcohol motifs (C(OH)–C–C–N with tert-alkyl or cyclic N) is 1. The van der Waals surface area contributed by atoms with Gasteiger partial charge in [-0.15, -0.1) is 0 Å². The van der Waals surface area contributed by atoms with Crippen molar-refractivity contribution in [2.24, 2.45) is 0 Å². The van der Waals surface area contributed by atoms with Gasteiger partial charge in [-0.2, -0.15) is 0 Å². The van der Waals surface area contributed by atoms with Crippen LogP contribution in [0.3, 0.4) is 0 Å². The molecular weight excluding hydrogens is 1110 g/mol. The Labute approximate surface area is 479 Å². The number of imidazole rings is 2. The molecule has 10 heterocycles. The van der Waals surface area contributed by atoms with E-state index in [0.717, 1.165) is 72.3 Å². The van der Waals surface area contributed by atoms with Crippen LogP contribution in [0.2, 0.25) is 10.0 Å². The van der Waals surface area contributed by atoms with Crippen LogP contribution in [0.5, 0.6) is 5.88 Å². The van der Waals surface area contributed by atoms with Crippen molar-refractivity contribution >= 4 is 84.4 Å². The van der Waals surface area contributed by atoms with Gasteiger partial charge in [-0.3, -0.25) is 18.8 Å². The van der Waals surface area contributed by atoms with Gasteiger partial charge in [-0.25, -0.2) is 29.5 Å². The normalized spacial score (nSPS) is 15.3. The second-order valence-electron chi connectivity index (χ2n) is 21.9. The zero-order chi connectivity index (χ0) is 57.1. The first-order chi connectivity index (χ1) is 37.3. The van der Waals surface area contributed by atoms with Gasteiger partial charge in [-0.1, -0.05) is 47.5 Å². The maximum Gasteiger partial charge on any atom is 0.410 e. The Hall–Kier alpha value is -6.92. The van der Waals surface area contributed by atoms with Gasteiger partial charge in [0.15, 0.2) is 0 Å². The lowest BCUT2D eigenvalue weighted by molar-refractivity contribution is 0.0263. The number of rotatable bonds is 4. The van der Waals surface area contributed by atoms with Crippen LogP contribution in [-0.4, -0.2) is 115 Å². The molecule has 16 nitrogen and oxygen atoms in total. The highest BCUT2D eigenvalue weighted by molar-refractivity contribution is 9.10. The SMILES string of the molecule is CC(C)(C)OC(=O)N1CCC(O)C1.Cc1cc2ncc(-c3cccc(Br)n3)n2cc1Cl.Cc1cc2ncc(-c3cccc(OC4CCN(C(=O)OC(C)(C)C)C4)n3)n2cc1Cl.Cc1cnc2c(ccc3c(C)c(C)cnc32)c1C. The van der Waals surface area contributed by atoms with Gasteiger partial charge in [0, 0.05) is 67.7 Å². The Morgan fingerprint density at radius 2 is 1.08 bits per heavy atom. The molecule has 1 N–H and O–H groups in total. The summed E-state index contributed by atoms with van der Waals surface area (Å²) in [6.07, 6.45) is 11.4. The topological polar surface area (TPSA) is 175 Å². The molecule has 2 aliphatic rings. The van der Waals surface area contributed by atoms with Gasteiger partial charge in [0.25, 0.3) is 0 Å². The Morgan fingerprint density at radius 1 is 0.608 bits per heavy atom. The number of likely N-dealkylation sites (tertiary alicyclic amines) is 2. The number of hydrogen-bond acceptors (Lipinski definition) is 12. The first-order valence-electron chi connectivity index (χ1n) is 26.1. The summed E-state index contributed by atoms with van der Waals surface area (Å²) < 4.78 is 21.3. The third kappa shape index (κ3) is 14.3. The van der Waals surface area contributed by atoms with E-state index in [4.69, 9.17) is 37.4 Å². The van der Waals surface area contributed by atoms with E-state index in [1.807, 2.05) is 138 Å². The summed E-state index contributed by atoms with van der Waals surface area (Å²) >= 11 is 15.8. The third-order valence-electron chi connectivity index (χ3n) is 13.4. The number of halogens is 3. The van der Waals surface area contributed by atoms with Crippen LogP contribution < -0.4 is 4.74 Å². The van der Waals surface area contributed by atoms with Crippen molar-refractivity contribution in [2.45, 2.75) is 119 Å². The number of aromatic nitrogens is 8. The molecule has 79 heavy (non-hydrogen) atoms. The molecule has 0 bridgehead atoms. The highest BCUT2D eigenvalue weighted by Crippen LogP contribution is 2.30. The van der Waals surface area contributed by atoms with E-state index in [1.165, 1.54) is 37.9 Å². The minimum absolute atomic E-state index is 0.125. The fraction of sp³-hybridized carbons (Fsp3) is 0.367. The number of carbonyl (C=O) groups is 2. The number of aliphatic hydroxyl groups is 1. The number of amides is 2. The first kappa shape index (κ1) is 58.2. The molecule has 414 valence electrons. The quantitative estimate of drug-likeness (QED) is 0.131. The molecular formula is C60H67BrCl2N10O6. The zero-order valence-electron chi connectivity index (χ0n) is 46.7. The molecule has 2 atom stereocenters. The lowest BCUT2D eigenvalue weighted by Crippen LogP contribution is -2.36. The molecule has 11 rings (SSSR count). The molecule has 2 fully saturated rings. The average molecular weight is 1180 g/mol. The molecule has 0 saturated carbocycles. The second-order valence-corrected chi connectivity index (χ2v) is 23.5. The highest BCUT2D eigenvalue weighted by atomic mass is 79.9. The number of ether oxygens (including phenoxy) is 3. The van der Waals surface area contributed by atoms with E-state index in [1.54, 1.807) is 17.3 Å². The Morgan fingerprint density at radius 3 is 1.54 bits per heavy atom. The number of hydrogen-bond donors (Lipinski definition) is 1. The van der Waals surface area contributed by atoms with Crippen LogP contribution in [0.4, 0.5) is 9.59 Å². The molecule has 2 aliphatic heterocycles. The molecule has 19 heteroatoms. The van der Waals surface area contributed by atoms with Crippen LogP contribution >= 0.6 is 39.1 Å². The third-order valence-corrected chi connectivity index (χ3v) is 14.6. The van der Waals surface area contributed by atoms with Gasteiger partial charge < -0.3 is 29.1 Å². The van der Waals surface area contributed by atoms with Crippen molar-refractivity contribution < 1.29 is 28.9 Å². The molecule has 2 saturated heterocycles. The van der Waals surface area contributed by atoms with Crippen LogP contribution in [-0.2, 0) is 9.47 Å². The minimum Gasteiger partial charge on any atom is -0.472 e. The molecule has 9 aromatic rings. The van der Waals surface area contributed by atoms with Gasteiger partial charge in [0.2, 0.25) is 5.88 Å². The summed E-state index contributed by atoms with van der Waals surface area (Å²) in [7, 11) is 0. The van der Waals surface area contributed by atoms with Crippen molar-refractivity contribution in [1.82, 2.24) is 48.5 Å². The van der Waals surface area contributed by atoms with Crippen LogP contribution in [0.25, 0.3) is 55.9 Å². The summed E-state index contributed by atoms with van der Waals surface area (Å²) in [5.74, 6) is 0.511. The Kier molecular flexibility index (Phi) is 17.8. The van der Waals surface area contributed by atoms with E-state index in [0.29, 0.717) is 43.5 Å². The number of benzene rings is 1. The van der Waals surface area contributed by atoms with Crippen LogP contribution in [0.1, 0.15) is 87.8 Å². The molecule has 2 amide bonds. The number of fused-ring (bicyclic) bond motifs is 5. The fourth-order valence-electron chi connectivity index (χ4n) is 8.85. The standard InChI is InChI=1S/C22H25ClN4O3.C16H16N2.C13H9BrClN3.C9H17NO3/c1-14-10-19-24-11-18(27(19)13-16(14)23)17-6-5-7-20(25-17)29-15-8-9-26(12-15)21(28)30-22(2,3)4;1-9-7-17-15-13(11(9)3)5-6-14-12(4)10(2)8-18-16(14)15;1-8-5-13-16-6-11(18(13)7-9(8)15)10-3-2-4-12(14)17-10;1-9(2,3)13-8(12)10-5-4-7(11)6-10/h5-7,10-11,13,15H,8-9,12H2,1-4H3;5-8H,1-4H3;2-7H,1H3;7,11H,4-6H2,1-3H3. The monoisotopic (exact) mass is 1170 g/mol. The maximum absolute atomic E-state index is 12.3. The highest BCUT2D eigenvalue weighted by Gasteiger charge is 2.32. The van der Waals surface area contributed by atoms with E-state index in [2.05, 4.69) is 85.7 Å². The van der Waals surface area contributed by atoms with Gasteiger partial charge in [0.1, 0.15) is 33.2 Å².